The third kappa shape index (κ3) is 9.91. The summed E-state index contributed by atoms with van der Waals surface area (Å²) in [4.78, 5) is 20.4. The molecule has 0 aromatic carbocycles. The second kappa shape index (κ2) is 14.4. The summed E-state index contributed by atoms with van der Waals surface area (Å²) in [6, 6.07) is 0. The van der Waals surface area contributed by atoms with Gasteiger partial charge >= 0.3 is 0 Å². The lowest BCUT2D eigenvalue weighted by atomic mass is 9.93. The summed E-state index contributed by atoms with van der Waals surface area (Å²) in [6.07, 6.45) is 3.88. The number of hydrogen-bond donors (Lipinski definition) is 2. The van der Waals surface area contributed by atoms with Gasteiger partial charge in [-0.25, -0.2) is 0 Å². The highest BCUT2D eigenvalue weighted by Crippen LogP contribution is 2.20. The molecule has 0 bridgehead atoms. The van der Waals surface area contributed by atoms with Gasteiger partial charge in [0.2, 0.25) is 5.91 Å². The van der Waals surface area contributed by atoms with Gasteiger partial charge in [-0.3, -0.25) is 9.79 Å². The van der Waals surface area contributed by atoms with Crippen LogP contribution in [0, 0.1) is 5.92 Å². The number of nitrogens with zero attached hydrogens (tertiary/aromatic N) is 3. The highest BCUT2D eigenvalue weighted by atomic mass is 127. The van der Waals surface area contributed by atoms with Crippen molar-refractivity contribution >= 4 is 35.8 Å². The molecule has 7 nitrogen and oxygen atoms in total. The summed E-state index contributed by atoms with van der Waals surface area (Å²) < 4.78 is 5.84. The van der Waals surface area contributed by atoms with E-state index in [2.05, 4.69) is 39.5 Å². The predicted molar refractivity (Wildman–Crippen MR) is 118 cm³/mol. The van der Waals surface area contributed by atoms with Crippen molar-refractivity contribution in [2.24, 2.45) is 10.9 Å². The molecular formula is C18H38IN5O2. The van der Waals surface area contributed by atoms with Gasteiger partial charge in [-0.15, -0.1) is 24.0 Å². The number of likely N-dealkylation sites (tertiary alicyclic amines) is 1. The number of hydrogen-bond acceptors (Lipinski definition) is 4. The van der Waals surface area contributed by atoms with E-state index in [1.165, 1.54) is 0 Å². The molecule has 8 heteroatoms. The SMILES string of the molecule is CCOC(CCN(C)C)CNC(=NC)N1CCC(CC(=O)NC)CC1.I. The largest absolute Gasteiger partial charge is 0.377 e. The Morgan fingerprint density at radius 1 is 1.35 bits per heavy atom. The molecule has 0 aromatic heterocycles. The average molecular weight is 483 g/mol. The molecule has 0 spiro atoms. The van der Waals surface area contributed by atoms with Crippen molar-refractivity contribution in [2.75, 3.05) is 61.0 Å². The van der Waals surface area contributed by atoms with Gasteiger partial charge in [0.05, 0.1) is 6.10 Å². The Morgan fingerprint density at radius 2 is 2.00 bits per heavy atom. The Balaban J connectivity index is 0.00000625. The Hall–Kier alpha value is -0.610. The number of nitrogens with one attached hydrogen (secondary N) is 2. The molecular weight excluding hydrogens is 445 g/mol. The van der Waals surface area contributed by atoms with E-state index in [0.29, 0.717) is 12.3 Å². The van der Waals surface area contributed by atoms with Crippen LogP contribution < -0.4 is 10.6 Å². The molecule has 26 heavy (non-hydrogen) atoms. The van der Waals surface area contributed by atoms with Gasteiger partial charge in [-0.2, -0.15) is 0 Å². The molecule has 1 rings (SSSR count). The molecule has 1 aliphatic heterocycles. The van der Waals surface area contributed by atoms with Crippen LogP contribution in [0.15, 0.2) is 4.99 Å². The third-order valence-electron chi connectivity index (χ3n) is 4.67. The first-order chi connectivity index (χ1) is 12.0. The monoisotopic (exact) mass is 483 g/mol. The summed E-state index contributed by atoms with van der Waals surface area (Å²) in [6.45, 7) is 6.43. The number of halogens is 1. The Labute approximate surface area is 176 Å². The molecule has 154 valence electrons. The molecule has 1 unspecified atom stereocenters. The molecule has 1 atom stereocenters. The summed E-state index contributed by atoms with van der Waals surface area (Å²) in [7, 11) is 7.69. The smallest absolute Gasteiger partial charge is 0.220 e. The van der Waals surface area contributed by atoms with Crippen LogP contribution in [0.1, 0.15) is 32.6 Å². The molecule has 0 radical (unpaired) electrons. The fraction of sp³-hybridized carbons (Fsp3) is 0.889. The maximum Gasteiger partial charge on any atom is 0.220 e. The van der Waals surface area contributed by atoms with E-state index in [-0.39, 0.29) is 36.0 Å². The van der Waals surface area contributed by atoms with E-state index >= 15 is 0 Å². The zero-order valence-corrected chi connectivity index (χ0v) is 19.4. The van der Waals surface area contributed by atoms with Gasteiger partial charge < -0.3 is 25.2 Å². The second-order valence-corrected chi connectivity index (χ2v) is 6.91. The van der Waals surface area contributed by atoms with E-state index in [1.54, 1.807) is 7.05 Å². The molecule has 1 amide bonds. The Kier molecular flexibility index (Phi) is 14.1. The van der Waals surface area contributed by atoms with Crippen LogP contribution in [0.5, 0.6) is 0 Å². The van der Waals surface area contributed by atoms with Crippen molar-refractivity contribution in [3.8, 4) is 0 Å². The predicted octanol–water partition coefficient (Wildman–Crippen LogP) is 1.38. The van der Waals surface area contributed by atoms with Gasteiger partial charge in [0.15, 0.2) is 5.96 Å². The molecule has 1 saturated heterocycles. The normalized spacial score (nSPS) is 17.0. The first-order valence-electron chi connectivity index (χ1n) is 9.42. The van der Waals surface area contributed by atoms with E-state index in [9.17, 15) is 4.79 Å². The summed E-state index contributed by atoms with van der Waals surface area (Å²) in [5.41, 5.74) is 0. The fourth-order valence-electron chi connectivity index (χ4n) is 3.13. The van der Waals surface area contributed by atoms with Crippen LogP contribution in [0.2, 0.25) is 0 Å². The first kappa shape index (κ1) is 25.4. The van der Waals surface area contributed by atoms with Crippen molar-refractivity contribution in [2.45, 2.75) is 38.7 Å². The van der Waals surface area contributed by atoms with Crippen LogP contribution >= 0.6 is 24.0 Å². The molecule has 0 aliphatic carbocycles. The zero-order chi connectivity index (χ0) is 18.7. The van der Waals surface area contributed by atoms with Crippen molar-refractivity contribution in [3.05, 3.63) is 0 Å². The molecule has 2 N–H and O–H groups in total. The Bertz CT molecular complexity index is 412. The minimum atomic E-state index is 0. The van der Waals surface area contributed by atoms with E-state index in [4.69, 9.17) is 4.74 Å². The minimum absolute atomic E-state index is 0. The first-order valence-corrected chi connectivity index (χ1v) is 9.42. The average Bonchev–Trinajstić information content (AvgIpc) is 2.61. The lowest BCUT2D eigenvalue weighted by Gasteiger charge is -2.34. The molecule has 1 aliphatic rings. The summed E-state index contributed by atoms with van der Waals surface area (Å²) >= 11 is 0. The van der Waals surface area contributed by atoms with Gasteiger partial charge in [0.25, 0.3) is 0 Å². The van der Waals surface area contributed by atoms with Crippen LogP contribution in [0.4, 0.5) is 0 Å². The number of carbonyl (C=O) groups excluding carboxylic acids is 1. The van der Waals surface area contributed by atoms with Gasteiger partial charge in [-0.05, 0) is 46.2 Å². The quantitative estimate of drug-likeness (QED) is 0.295. The molecule has 0 aromatic rings. The highest BCUT2D eigenvalue weighted by molar-refractivity contribution is 14.0. The van der Waals surface area contributed by atoms with Crippen LogP contribution in [-0.2, 0) is 9.53 Å². The van der Waals surface area contributed by atoms with Gasteiger partial charge in [-0.1, -0.05) is 0 Å². The number of piperidine rings is 1. The van der Waals surface area contributed by atoms with Crippen molar-refractivity contribution in [1.29, 1.82) is 0 Å². The lowest BCUT2D eigenvalue weighted by Crippen LogP contribution is -2.48. The van der Waals surface area contributed by atoms with E-state index < -0.39 is 0 Å². The van der Waals surface area contributed by atoms with Crippen molar-refractivity contribution < 1.29 is 9.53 Å². The zero-order valence-electron chi connectivity index (χ0n) is 17.1. The van der Waals surface area contributed by atoms with Gasteiger partial charge in [0.1, 0.15) is 0 Å². The number of guanidine groups is 1. The molecule has 0 saturated carbocycles. The fourth-order valence-corrected chi connectivity index (χ4v) is 3.13. The van der Waals surface area contributed by atoms with Crippen LogP contribution in [0.3, 0.4) is 0 Å². The maximum absolute atomic E-state index is 11.5. The maximum atomic E-state index is 11.5. The summed E-state index contributed by atoms with van der Waals surface area (Å²) in [5.74, 6) is 1.56. The topological polar surface area (TPSA) is 69.2 Å². The third-order valence-corrected chi connectivity index (χ3v) is 4.67. The second-order valence-electron chi connectivity index (χ2n) is 6.91. The number of carbonyl (C=O) groups is 1. The minimum Gasteiger partial charge on any atom is -0.377 e. The number of rotatable bonds is 9. The standard InChI is InChI=1S/C18H37N5O2.HI/c1-6-25-16(9-10-22(4)5)14-21-18(20-3)23-11-7-15(8-12-23)13-17(24)19-2;/h15-16H,6-14H2,1-5H3,(H,19,24)(H,20,21);1H. The van der Waals surface area contributed by atoms with Gasteiger partial charge in [0, 0.05) is 53.3 Å². The van der Waals surface area contributed by atoms with Crippen LogP contribution in [-0.4, -0.2) is 88.7 Å². The molecule has 1 heterocycles. The van der Waals surface area contributed by atoms with E-state index in [1.807, 2.05) is 14.0 Å². The summed E-state index contributed by atoms with van der Waals surface area (Å²) in [5, 5.41) is 6.18. The molecule has 1 fully saturated rings. The lowest BCUT2D eigenvalue weighted by molar-refractivity contribution is -0.121. The van der Waals surface area contributed by atoms with Crippen molar-refractivity contribution in [1.82, 2.24) is 20.4 Å². The number of ether oxygens (including phenoxy) is 1. The van der Waals surface area contributed by atoms with E-state index in [0.717, 1.165) is 58.0 Å². The highest BCUT2D eigenvalue weighted by Gasteiger charge is 2.23. The van der Waals surface area contributed by atoms with Crippen LogP contribution in [0.25, 0.3) is 0 Å². The number of amides is 1. The van der Waals surface area contributed by atoms with Crippen molar-refractivity contribution in [3.63, 3.8) is 0 Å². The Morgan fingerprint density at radius 3 is 2.50 bits per heavy atom. The number of aliphatic imine (C=N–C) groups is 1.